The molecule has 0 spiro atoms. The number of nitrogens with zero attached hydrogens (tertiary/aromatic N) is 4. The molecule has 3 N–H and O–H groups in total. The van der Waals surface area contributed by atoms with Crippen LogP contribution in [0.2, 0.25) is 0 Å². The molecule has 1 aliphatic rings. The molecule has 238 valence electrons. The average molecular weight is 620 g/mol. The molecule has 4 aromatic rings. The third-order valence-corrected chi connectivity index (χ3v) is 8.15. The van der Waals surface area contributed by atoms with E-state index in [1.807, 2.05) is 96.8 Å². The summed E-state index contributed by atoms with van der Waals surface area (Å²) in [5, 5.41) is 9.66. The molecule has 0 aliphatic carbocycles. The van der Waals surface area contributed by atoms with Crippen LogP contribution in [0.15, 0.2) is 85.2 Å². The number of hydrogen-bond donors (Lipinski definition) is 3. The van der Waals surface area contributed by atoms with E-state index in [0.29, 0.717) is 55.5 Å². The van der Waals surface area contributed by atoms with Gasteiger partial charge in [-0.25, -0.2) is 4.98 Å². The fraction of sp³-hybridized carbons (Fsp3) is 0.278. The summed E-state index contributed by atoms with van der Waals surface area (Å²) < 4.78 is 1.94. The summed E-state index contributed by atoms with van der Waals surface area (Å²) in [6, 6.07) is 22.8. The molecule has 46 heavy (non-hydrogen) atoms. The van der Waals surface area contributed by atoms with Gasteiger partial charge in [-0.3, -0.25) is 14.4 Å². The van der Waals surface area contributed by atoms with Crippen LogP contribution in [-0.2, 0) is 11.3 Å². The number of aromatic nitrogens is 2. The summed E-state index contributed by atoms with van der Waals surface area (Å²) in [5.41, 5.74) is 5.75. The van der Waals surface area contributed by atoms with E-state index in [0.717, 1.165) is 22.8 Å². The third kappa shape index (κ3) is 7.82. The molecule has 0 saturated carbocycles. The van der Waals surface area contributed by atoms with Crippen LogP contribution >= 0.6 is 0 Å². The maximum Gasteiger partial charge on any atom is 0.255 e. The highest BCUT2D eigenvalue weighted by Crippen LogP contribution is 2.21. The molecule has 2 heterocycles. The van der Waals surface area contributed by atoms with E-state index < -0.39 is 0 Å². The van der Waals surface area contributed by atoms with Gasteiger partial charge in [-0.05, 0) is 60.0 Å². The van der Waals surface area contributed by atoms with Gasteiger partial charge in [-0.15, -0.1) is 0 Å². The number of benzene rings is 3. The Kier molecular flexibility index (Phi) is 10.2. The lowest BCUT2D eigenvalue weighted by molar-refractivity contribution is -0.130. The molecule has 1 fully saturated rings. The Morgan fingerprint density at radius 3 is 2.17 bits per heavy atom. The standard InChI is InChI=1S/C36H41N7O3/c1-25(2)27-8-10-28(11-9-27)35(45)40-32-7-5-6-30(22-32)33(37-4)24-43-17-16-38-34(43)23-39-31-14-12-29(13-15-31)36(46)42-20-18-41(19-21-42)26(3)44/h5-17,22,24-25,37,39H,18-21,23H2,1-4H3,(H,40,45)/b33-24-. The van der Waals surface area contributed by atoms with Gasteiger partial charge >= 0.3 is 0 Å². The van der Waals surface area contributed by atoms with Gasteiger partial charge in [0.05, 0.1) is 12.2 Å². The van der Waals surface area contributed by atoms with E-state index in [9.17, 15) is 14.4 Å². The van der Waals surface area contributed by atoms with Crippen molar-refractivity contribution in [3.8, 4) is 0 Å². The molecule has 1 aliphatic heterocycles. The Bertz CT molecular complexity index is 1700. The lowest BCUT2D eigenvalue weighted by Gasteiger charge is -2.34. The summed E-state index contributed by atoms with van der Waals surface area (Å²) in [6.45, 7) is 8.48. The molecule has 0 bridgehead atoms. The summed E-state index contributed by atoms with van der Waals surface area (Å²) in [7, 11) is 1.86. The maximum absolute atomic E-state index is 13.0. The second-order valence-electron chi connectivity index (χ2n) is 11.6. The molecule has 3 aromatic carbocycles. The molecule has 1 aromatic heterocycles. The van der Waals surface area contributed by atoms with E-state index in [2.05, 4.69) is 34.8 Å². The largest absolute Gasteiger partial charge is 0.386 e. The van der Waals surface area contributed by atoms with Crippen molar-refractivity contribution in [3.63, 3.8) is 0 Å². The summed E-state index contributed by atoms with van der Waals surface area (Å²) in [4.78, 5) is 45.5. The van der Waals surface area contributed by atoms with Crippen molar-refractivity contribution >= 4 is 41.0 Å². The van der Waals surface area contributed by atoms with Crippen molar-refractivity contribution < 1.29 is 14.4 Å². The smallest absolute Gasteiger partial charge is 0.255 e. The number of carbonyl (C=O) groups excluding carboxylic acids is 3. The summed E-state index contributed by atoms with van der Waals surface area (Å²) in [6.07, 6.45) is 5.59. The van der Waals surface area contributed by atoms with Gasteiger partial charge in [-0.1, -0.05) is 38.1 Å². The Morgan fingerprint density at radius 2 is 1.52 bits per heavy atom. The van der Waals surface area contributed by atoms with Gasteiger partial charge in [-0.2, -0.15) is 0 Å². The topological polar surface area (TPSA) is 112 Å². The van der Waals surface area contributed by atoms with Gasteiger partial charge in [0.1, 0.15) is 5.82 Å². The van der Waals surface area contributed by atoms with Crippen molar-refractivity contribution in [2.75, 3.05) is 43.9 Å². The molecule has 1 saturated heterocycles. The first-order valence-electron chi connectivity index (χ1n) is 15.5. The van der Waals surface area contributed by atoms with Gasteiger partial charge in [0, 0.05) is 86.8 Å². The number of anilines is 2. The fourth-order valence-electron chi connectivity index (χ4n) is 5.33. The SMILES string of the molecule is CN/C(=C\n1ccnc1CNc1ccc(C(=O)N2CCN(C(C)=O)CC2)cc1)c1cccc(NC(=O)c2ccc(C(C)C)cc2)c1. The first-order chi connectivity index (χ1) is 22.2. The number of carbonyl (C=O) groups is 3. The van der Waals surface area contributed by atoms with Gasteiger partial charge in [0.25, 0.3) is 11.8 Å². The number of imidazole rings is 1. The molecule has 0 atom stereocenters. The third-order valence-electron chi connectivity index (χ3n) is 8.15. The molecule has 0 radical (unpaired) electrons. The van der Waals surface area contributed by atoms with E-state index in [-0.39, 0.29) is 17.7 Å². The Hall–Kier alpha value is -5.38. The van der Waals surface area contributed by atoms with Crippen LogP contribution in [0.1, 0.15) is 64.4 Å². The van der Waals surface area contributed by atoms with E-state index in [4.69, 9.17) is 0 Å². The average Bonchev–Trinajstić information content (AvgIpc) is 3.53. The van der Waals surface area contributed by atoms with Gasteiger partial charge < -0.3 is 30.3 Å². The molecule has 10 heteroatoms. The normalized spacial score (nSPS) is 13.5. The summed E-state index contributed by atoms with van der Waals surface area (Å²) in [5.74, 6) is 1.06. The number of rotatable bonds is 10. The fourth-order valence-corrected chi connectivity index (χ4v) is 5.33. The van der Waals surface area contributed by atoms with Gasteiger partial charge in [0.15, 0.2) is 0 Å². The first-order valence-corrected chi connectivity index (χ1v) is 15.5. The monoisotopic (exact) mass is 619 g/mol. The van der Waals surface area contributed by atoms with Crippen LogP contribution < -0.4 is 16.0 Å². The second kappa shape index (κ2) is 14.6. The molecule has 3 amide bonds. The molecular weight excluding hydrogens is 578 g/mol. The predicted octanol–water partition coefficient (Wildman–Crippen LogP) is 5.35. The minimum atomic E-state index is -0.157. The van der Waals surface area contributed by atoms with Crippen molar-refractivity contribution in [2.45, 2.75) is 33.2 Å². The van der Waals surface area contributed by atoms with Gasteiger partial charge in [0.2, 0.25) is 5.91 Å². The minimum absolute atomic E-state index is 0.0287. The highest BCUT2D eigenvalue weighted by atomic mass is 16.2. The van der Waals surface area contributed by atoms with Crippen molar-refractivity contribution in [1.29, 1.82) is 0 Å². The van der Waals surface area contributed by atoms with Crippen LogP contribution in [0.3, 0.4) is 0 Å². The zero-order valence-corrected chi connectivity index (χ0v) is 26.8. The van der Waals surface area contributed by atoms with Crippen molar-refractivity contribution in [1.82, 2.24) is 24.7 Å². The highest BCUT2D eigenvalue weighted by molar-refractivity contribution is 6.04. The number of piperazine rings is 1. The number of hydrogen-bond acceptors (Lipinski definition) is 6. The first kappa shape index (κ1) is 32.0. The van der Waals surface area contributed by atoms with Crippen LogP contribution in [0.5, 0.6) is 0 Å². The molecular formula is C36H41N7O3. The van der Waals surface area contributed by atoms with Crippen molar-refractivity contribution in [2.24, 2.45) is 0 Å². The Morgan fingerprint density at radius 1 is 0.848 bits per heavy atom. The van der Waals surface area contributed by atoms with E-state index >= 15 is 0 Å². The van der Waals surface area contributed by atoms with E-state index in [1.54, 1.807) is 22.9 Å². The zero-order chi connectivity index (χ0) is 32.6. The second-order valence-corrected chi connectivity index (χ2v) is 11.6. The highest BCUT2D eigenvalue weighted by Gasteiger charge is 2.23. The van der Waals surface area contributed by atoms with E-state index in [1.165, 1.54) is 5.56 Å². The summed E-state index contributed by atoms with van der Waals surface area (Å²) >= 11 is 0. The van der Waals surface area contributed by atoms with Crippen LogP contribution in [-0.4, -0.2) is 70.3 Å². The molecule has 5 rings (SSSR count). The van der Waals surface area contributed by atoms with Crippen molar-refractivity contribution in [3.05, 3.63) is 113 Å². The minimum Gasteiger partial charge on any atom is -0.386 e. The Labute approximate surface area is 270 Å². The van der Waals surface area contributed by atoms with Crippen LogP contribution in [0, 0.1) is 0 Å². The number of nitrogens with one attached hydrogen (secondary N) is 3. The molecule has 10 nitrogen and oxygen atoms in total. The van der Waals surface area contributed by atoms with Crippen LogP contribution in [0.4, 0.5) is 11.4 Å². The quantitative estimate of drug-likeness (QED) is 0.221. The number of amides is 3. The predicted molar refractivity (Wildman–Crippen MR) is 182 cm³/mol. The maximum atomic E-state index is 13.0. The Balaban J connectivity index is 1.20. The lowest BCUT2D eigenvalue weighted by Crippen LogP contribution is -2.50. The zero-order valence-electron chi connectivity index (χ0n) is 26.8. The van der Waals surface area contributed by atoms with Crippen LogP contribution in [0.25, 0.3) is 11.9 Å². The molecule has 0 unspecified atom stereocenters. The lowest BCUT2D eigenvalue weighted by atomic mass is 10.0.